The Balaban J connectivity index is 1.89. The van der Waals surface area contributed by atoms with Gasteiger partial charge in [-0.1, -0.05) is 57.2 Å². The molecule has 0 bridgehead atoms. The Labute approximate surface area is 136 Å². The fourth-order valence-electron chi connectivity index (χ4n) is 2.37. The Hall–Kier alpha value is 0.570. The molecule has 0 aromatic carbocycles. The average Bonchev–Trinajstić information content (AvgIpc) is 2.39. The molecule has 0 unspecified atom stereocenters. The Kier molecular flexibility index (Phi) is 5.07. The molecule has 2 rings (SSSR count). The summed E-state index contributed by atoms with van der Waals surface area (Å²) >= 11 is 2.38. The van der Waals surface area contributed by atoms with E-state index in [1.807, 2.05) is 0 Å². The second-order valence-corrected chi connectivity index (χ2v) is 8.66. The molecule has 20 heavy (non-hydrogen) atoms. The van der Waals surface area contributed by atoms with Gasteiger partial charge in [0.25, 0.3) is 0 Å². The molecule has 0 aromatic rings. The van der Waals surface area contributed by atoms with Crippen molar-refractivity contribution in [1.29, 1.82) is 0 Å². The van der Waals surface area contributed by atoms with E-state index in [0.717, 1.165) is 4.43 Å². The minimum Gasteiger partial charge on any atom is -0.351 e. The first-order valence-corrected chi connectivity index (χ1v) is 8.74. The molecule has 118 valence electrons. The summed E-state index contributed by atoms with van der Waals surface area (Å²) in [7, 11) is 0. The quantitative estimate of drug-likeness (QED) is 0.529. The smallest absolute Gasteiger partial charge is 0.163 e. The Bertz CT molecular complexity index is 319. The highest BCUT2D eigenvalue weighted by Gasteiger charge is 2.46. The van der Waals surface area contributed by atoms with Crippen LogP contribution in [0.15, 0.2) is 0 Å². The zero-order valence-electron chi connectivity index (χ0n) is 13.2. The first-order valence-electron chi connectivity index (χ1n) is 7.21. The van der Waals surface area contributed by atoms with Gasteiger partial charge in [-0.3, -0.25) is 0 Å². The molecule has 1 spiro atoms. The van der Waals surface area contributed by atoms with Gasteiger partial charge in [0.1, 0.15) is 0 Å². The summed E-state index contributed by atoms with van der Waals surface area (Å²) in [6.45, 7) is 13.3. The van der Waals surface area contributed by atoms with E-state index in [1.165, 1.54) is 0 Å². The normalized spacial score (nSPS) is 36.3. The average molecular weight is 398 g/mol. The highest BCUT2D eigenvalue weighted by atomic mass is 127. The minimum absolute atomic E-state index is 0.00370. The number of ether oxygens (including phenoxy) is 4. The number of rotatable bonds is 2. The van der Waals surface area contributed by atoms with Crippen molar-refractivity contribution in [2.45, 2.75) is 47.2 Å². The fourth-order valence-corrected chi connectivity index (χ4v) is 2.73. The molecule has 0 saturated carbocycles. The van der Waals surface area contributed by atoms with E-state index in [4.69, 9.17) is 18.9 Å². The summed E-state index contributed by atoms with van der Waals surface area (Å²) in [5.41, 5.74) is -0.101. The number of halogens is 1. The van der Waals surface area contributed by atoms with E-state index in [0.29, 0.717) is 26.4 Å². The molecule has 5 heteroatoms. The molecule has 0 radical (unpaired) electrons. The van der Waals surface area contributed by atoms with Gasteiger partial charge < -0.3 is 18.9 Å². The Morgan fingerprint density at radius 1 is 0.850 bits per heavy atom. The van der Waals surface area contributed by atoms with Crippen LogP contribution in [-0.2, 0) is 18.9 Å². The number of alkyl halides is 1. The second-order valence-electron chi connectivity index (χ2n) is 7.90. The van der Waals surface area contributed by atoms with Crippen LogP contribution in [0.3, 0.4) is 0 Å². The molecule has 2 fully saturated rings. The third kappa shape index (κ3) is 3.66. The van der Waals surface area contributed by atoms with Crippen molar-refractivity contribution in [3.8, 4) is 0 Å². The van der Waals surface area contributed by atoms with Crippen LogP contribution in [0.25, 0.3) is 0 Å². The third-order valence-electron chi connectivity index (χ3n) is 3.85. The maximum atomic E-state index is 5.96. The summed E-state index contributed by atoms with van der Waals surface area (Å²) < 4.78 is 24.7. The molecule has 0 N–H and O–H groups in total. The van der Waals surface area contributed by atoms with E-state index in [9.17, 15) is 0 Å². The molecular weight excluding hydrogens is 371 g/mol. The molecule has 0 aromatic heterocycles. The van der Waals surface area contributed by atoms with E-state index in [1.54, 1.807) is 0 Å². The molecule has 0 atom stereocenters. The second kappa shape index (κ2) is 5.99. The molecule has 4 nitrogen and oxygen atoms in total. The van der Waals surface area contributed by atoms with Gasteiger partial charge in [-0.15, -0.1) is 0 Å². The summed E-state index contributed by atoms with van der Waals surface area (Å²) in [5, 5.41) is 0. The van der Waals surface area contributed by atoms with Gasteiger partial charge in [-0.2, -0.15) is 0 Å². The monoisotopic (exact) mass is 398 g/mol. The lowest BCUT2D eigenvalue weighted by atomic mass is 9.87. The summed E-state index contributed by atoms with van der Waals surface area (Å²) in [4.78, 5) is 0. The van der Waals surface area contributed by atoms with Crippen LogP contribution in [0, 0.1) is 16.2 Å². The molecule has 2 heterocycles. The summed E-state index contributed by atoms with van der Waals surface area (Å²) in [5.74, 6) is 0. The summed E-state index contributed by atoms with van der Waals surface area (Å²) in [6.07, 6.45) is -0.276. The number of hydrogen-bond donors (Lipinski definition) is 0. The Morgan fingerprint density at radius 2 is 1.25 bits per heavy atom. The van der Waals surface area contributed by atoms with Gasteiger partial charge in [-0.05, 0) is 0 Å². The minimum atomic E-state index is -0.142. The molecule has 0 aliphatic carbocycles. The topological polar surface area (TPSA) is 36.9 Å². The van der Waals surface area contributed by atoms with Crippen LogP contribution in [-0.4, -0.2) is 43.4 Å². The van der Waals surface area contributed by atoms with Crippen LogP contribution in [0.4, 0.5) is 0 Å². The zero-order valence-corrected chi connectivity index (χ0v) is 15.4. The first kappa shape index (κ1) is 16.9. The van der Waals surface area contributed by atoms with Gasteiger partial charge in [0.15, 0.2) is 12.6 Å². The summed E-state index contributed by atoms with van der Waals surface area (Å²) in [6, 6.07) is 0. The molecule has 2 aliphatic heterocycles. The van der Waals surface area contributed by atoms with Crippen molar-refractivity contribution >= 4 is 22.6 Å². The fraction of sp³-hybridized carbons (Fsp3) is 1.00. The van der Waals surface area contributed by atoms with E-state index in [2.05, 4.69) is 57.2 Å². The van der Waals surface area contributed by atoms with Crippen molar-refractivity contribution in [3.05, 3.63) is 0 Å². The first-order chi connectivity index (χ1) is 9.19. The lowest BCUT2D eigenvalue weighted by Gasteiger charge is -2.48. The highest BCUT2D eigenvalue weighted by Crippen LogP contribution is 2.38. The maximum absolute atomic E-state index is 5.96. The lowest BCUT2D eigenvalue weighted by Crippen LogP contribution is -2.56. The van der Waals surface area contributed by atoms with Gasteiger partial charge in [0.2, 0.25) is 0 Å². The molecular formula is C15H27IO4. The van der Waals surface area contributed by atoms with Crippen molar-refractivity contribution in [2.24, 2.45) is 16.2 Å². The van der Waals surface area contributed by atoms with Crippen molar-refractivity contribution in [2.75, 3.05) is 30.9 Å². The SMILES string of the molecule is CC(C)(C)C1OCC2(CO1)COC(C(C)(C)CI)OC2. The van der Waals surface area contributed by atoms with Gasteiger partial charge in [0.05, 0.1) is 31.8 Å². The van der Waals surface area contributed by atoms with E-state index < -0.39 is 0 Å². The third-order valence-corrected chi connectivity index (χ3v) is 5.82. The van der Waals surface area contributed by atoms with Crippen LogP contribution in [0.5, 0.6) is 0 Å². The van der Waals surface area contributed by atoms with Crippen molar-refractivity contribution < 1.29 is 18.9 Å². The Morgan fingerprint density at radius 3 is 1.60 bits per heavy atom. The van der Waals surface area contributed by atoms with E-state index >= 15 is 0 Å². The highest BCUT2D eigenvalue weighted by molar-refractivity contribution is 14.1. The molecule has 2 saturated heterocycles. The molecule has 2 aliphatic rings. The van der Waals surface area contributed by atoms with Gasteiger partial charge in [0, 0.05) is 15.3 Å². The predicted molar refractivity (Wildman–Crippen MR) is 85.9 cm³/mol. The van der Waals surface area contributed by atoms with Crippen LogP contribution < -0.4 is 0 Å². The van der Waals surface area contributed by atoms with Crippen LogP contribution in [0.2, 0.25) is 0 Å². The lowest BCUT2D eigenvalue weighted by molar-refractivity contribution is -0.331. The number of hydrogen-bond acceptors (Lipinski definition) is 4. The van der Waals surface area contributed by atoms with Crippen molar-refractivity contribution in [1.82, 2.24) is 0 Å². The van der Waals surface area contributed by atoms with Crippen LogP contribution in [0.1, 0.15) is 34.6 Å². The van der Waals surface area contributed by atoms with Crippen molar-refractivity contribution in [3.63, 3.8) is 0 Å². The van der Waals surface area contributed by atoms with E-state index in [-0.39, 0.29) is 28.8 Å². The standard InChI is InChI=1S/C15H27IO4/c1-13(2,3)11-17-7-15(8-18-11)9-19-12(20-10-15)14(4,5)6-16/h11-12H,6-10H2,1-5H3. The largest absolute Gasteiger partial charge is 0.351 e. The zero-order chi connectivity index (χ0) is 15.0. The van der Waals surface area contributed by atoms with Gasteiger partial charge >= 0.3 is 0 Å². The maximum Gasteiger partial charge on any atom is 0.163 e. The van der Waals surface area contributed by atoms with Gasteiger partial charge in [-0.25, -0.2) is 0 Å². The predicted octanol–water partition coefficient (Wildman–Crippen LogP) is 3.23. The molecule has 0 amide bonds. The van der Waals surface area contributed by atoms with Crippen LogP contribution >= 0.6 is 22.6 Å².